The molecule has 19 heavy (non-hydrogen) atoms. The van der Waals surface area contributed by atoms with Crippen molar-refractivity contribution in [2.75, 3.05) is 45.6 Å². The van der Waals surface area contributed by atoms with E-state index in [4.69, 9.17) is 5.11 Å². The Morgan fingerprint density at radius 3 is 2.42 bits per heavy atom. The van der Waals surface area contributed by atoms with Crippen molar-refractivity contribution in [1.82, 2.24) is 9.80 Å². The fraction of sp³-hybridized carbons (Fsp3) is 1.00. The van der Waals surface area contributed by atoms with E-state index in [0.717, 1.165) is 58.4 Å². The molecule has 112 valence electrons. The molecule has 0 amide bonds. The minimum atomic E-state index is -2.89. The quantitative estimate of drug-likeness (QED) is 0.787. The summed E-state index contributed by atoms with van der Waals surface area (Å²) in [5.74, 6) is 0. The Morgan fingerprint density at radius 1 is 1.16 bits per heavy atom. The number of hydrogen-bond acceptors (Lipinski definition) is 5. The van der Waals surface area contributed by atoms with E-state index in [-0.39, 0.29) is 11.9 Å². The summed E-state index contributed by atoms with van der Waals surface area (Å²) in [5.41, 5.74) is 0. The molecule has 1 aliphatic heterocycles. The summed E-state index contributed by atoms with van der Waals surface area (Å²) in [6.07, 6.45) is 5.17. The van der Waals surface area contributed by atoms with Crippen molar-refractivity contribution in [2.45, 2.75) is 37.0 Å². The molecule has 0 radical (unpaired) electrons. The van der Waals surface area contributed by atoms with E-state index in [9.17, 15) is 8.42 Å². The summed E-state index contributed by atoms with van der Waals surface area (Å²) in [5, 5.41) is 8.80. The van der Waals surface area contributed by atoms with Crippen LogP contribution >= 0.6 is 0 Å². The number of aliphatic hydroxyl groups excluding tert-OH is 1. The van der Waals surface area contributed by atoms with Crippen LogP contribution in [-0.2, 0) is 9.84 Å². The third-order valence-electron chi connectivity index (χ3n) is 4.54. The number of rotatable bonds is 4. The predicted molar refractivity (Wildman–Crippen MR) is 76.0 cm³/mol. The molecule has 1 aliphatic carbocycles. The van der Waals surface area contributed by atoms with E-state index >= 15 is 0 Å². The summed E-state index contributed by atoms with van der Waals surface area (Å²) in [6, 6.07) is 0.435. The average Bonchev–Trinajstić information content (AvgIpc) is 2.39. The molecule has 0 aromatic heterocycles. The van der Waals surface area contributed by atoms with Gasteiger partial charge in [-0.1, -0.05) is 6.42 Å². The van der Waals surface area contributed by atoms with Crippen molar-refractivity contribution in [2.24, 2.45) is 0 Å². The lowest BCUT2D eigenvalue weighted by Crippen LogP contribution is -2.52. The molecular formula is C13H26N2O3S. The Balaban J connectivity index is 1.86. The van der Waals surface area contributed by atoms with E-state index in [1.807, 2.05) is 0 Å². The number of nitrogens with zero attached hydrogens (tertiary/aromatic N) is 2. The number of aliphatic hydroxyl groups is 1. The fourth-order valence-electron chi connectivity index (χ4n) is 3.33. The predicted octanol–water partition coefficient (Wildman–Crippen LogP) is -0.0479. The molecule has 0 aromatic rings. The smallest absolute Gasteiger partial charge is 0.150 e. The Bertz CT molecular complexity index is 377. The summed E-state index contributed by atoms with van der Waals surface area (Å²) in [7, 11) is -2.89. The molecule has 1 heterocycles. The standard InChI is InChI=1S/C13H26N2O3S/c1-19(17,18)13-4-2-3-12(11-13)15-7-5-14(6-8-15)9-10-16/h12-13,16H,2-11H2,1H3. The highest BCUT2D eigenvalue weighted by molar-refractivity contribution is 7.91. The molecule has 2 atom stereocenters. The second kappa shape index (κ2) is 6.52. The molecule has 1 N–H and O–H groups in total. The van der Waals surface area contributed by atoms with Gasteiger partial charge < -0.3 is 5.11 Å². The summed E-state index contributed by atoms with van der Waals surface area (Å²) < 4.78 is 23.4. The van der Waals surface area contributed by atoms with Gasteiger partial charge in [-0.25, -0.2) is 8.42 Å². The van der Waals surface area contributed by atoms with E-state index in [1.165, 1.54) is 6.26 Å². The van der Waals surface area contributed by atoms with Crippen molar-refractivity contribution < 1.29 is 13.5 Å². The summed E-state index contributed by atoms with van der Waals surface area (Å²) in [4.78, 5) is 4.72. The molecule has 2 unspecified atom stereocenters. The second-order valence-electron chi connectivity index (χ2n) is 5.87. The molecule has 0 bridgehead atoms. The van der Waals surface area contributed by atoms with Crippen LogP contribution in [0.25, 0.3) is 0 Å². The maximum absolute atomic E-state index is 11.7. The monoisotopic (exact) mass is 290 g/mol. The van der Waals surface area contributed by atoms with Crippen LogP contribution < -0.4 is 0 Å². The largest absolute Gasteiger partial charge is 0.395 e. The van der Waals surface area contributed by atoms with Crippen LogP contribution in [0.2, 0.25) is 0 Å². The number of piperazine rings is 1. The van der Waals surface area contributed by atoms with Crippen molar-refractivity contribution in [3.8, 4) is 0 Å². The van der Waals surface area contributed by atoms with Gasteiger partial charge in [0.25, 0.3) is 0 Å². The normalized spacial score (nSPS) is 31.5. The zero-order valence-electron chi connectivity index (χ0n) is 11.8. The zero-order chi connectivity index (χ0) is 13.9. The molecule has 2 fully saturated rings. The minimum Gasteiger partial charge on any atom is -0.395 e. The Hall–Kier alpha value is -0.170. The maximum atomic E-state index is 11.7. The van der Waals surface area contributed by atoms with Gasteiger partial charge in [0.1, 0.15) is 9.84 Å². The first-order valence-electron chi connectivity index (χ1n) is 7.27. The Kier molecular flexibility index (Phi) is 5.22. The van der Waals surface area contributed by atoms with Crippen molar-refractivity contribution in [3.05, 3.63) is 0 Å². The summed E-state index contributed by atoms with van der Waals surface area (Å²) in [6.45, 7) is 4.95. The van der Waals surface area contributed by atoms with Gasteiger partial charge >= 0.3 is 0 Å². The third-order valence-corrected chi connectivity index (χ3v) is 6.18. The van der Waals surface area contributed by atoms with Crippen LogP contribution in [-0.4, -0.2) is 80.2 Å². The van der Waals surface area contributed by atoms with Crippen molar-refractivity contribution in [3.63, 3.8) is 0 Å². The number of β-amino-alcohol motifs (C(OH)–C–C–N with tert-alkyl or cyclic N) is 1. The van der Waals surface area contributed by atoms with Crippen LogP contribution in [0.3, 0.4) is 0 Å². The SMILES string of the molecule is CS(=O)(=O)C1CCCC(N2CCN(CCO)CC2)C1. The van der Waals surface area contributed by atoms with Crippen LogP contribution in [0.4, 0.5) is 0 Å². The van der Waals surface area contributed by atoms with E-state index in [0.29, 0.717) is 6.04 Å². The number of hydrogen-bond donors (Lipinski definition) is 1. The molecule has 1 saturated heterocycles. The lowest BCUT2D eigenvalue weighted by Gasteiger charge is -2.42. The molecule has 6 heteroatoms. The average molecular weight is 290 g/mol. The van der Waals surface area contributed by atoms with Crippen molar-refractivity contribution in [1.29, 1.82) is 0 Å². The first-order valence-corrected chi connectivity index (χ1v) is 9.22. The van der Waals surface area contributed by atoms with Gasteiger partial charge in [-0.2, -0.15) is 0 Å². The second-order valence-corrected chi connectivity index (χ2v) is 8.20. The highest BCUT2D eigenvalue weighted by atomic mass is 32.2. The van der Waals surface area contributed by atoms with Gasteiger partial charge in [-0.3, -0.25) is 9.80 Å². The van der Waals surface area contributed by atoms with Gasteiger partial charge in [-0.15, -0.1) is 0 Å². The van der Waals surface area contributed by atoms with Crippen LogP contribution in [0.5, 0.6) is 0 Å². The van der Waals surface area contributed by atoms with Crippen molar-refractivity contribution >= 4 is 9.84 Å². The first-order chi connectivity index (χ1) is 9.00. The van der Waals surface area contributed by atoms with Gasteiger partial charge in [0.05, 0.1) is 11.9 Å². The lowest BCUT2D eigenvalue weighted by molar-refractivity contribution is 0.0703. The van der Waals surface area contributed by atoms with E-state index in [2.05, 4.69) is 9.80 Å². The zero-order valence-corrected chi connectivity index (χ0v) is 12.6. The molecule has 2 aliphatic rings. The molecule has 1 saturated carbocycles. The highest BCUT2D eigenvalue weighted by Crippen LogP contribution is 2.27. The number of sulfone groups is 1. The molecular weight excluding hydrogens is 264 g/mol. The molecule has 5 nitrogen and oxygen atoms in total. The third kappa shape index (κ3) is 4.15. The van der Waals surface area contributed by atoms with Crippen LogP contribution in [0.15, 0.2) is 0 Å². The van der Waals surface area contributed by atoms with E-state index in [1.54, 1.807) is 0 Å². The van der Waals surface area contributed by atoms with E-state index < -0.39 is 9.84 Å². The minimum absolute atomic E-state index is 0.137. The van der Waals surface area contributed by atoms with Crippen LogP contribution in [0, 0.1) is 0 Å². The Morgan fingerprint density at radius 2 is 1.84 bits per heavy atom. The molecule has 0 spiro atoms. The lowest BCUT2D eigenvalue weighted by atomic mass is 9.93. The Labute approximate surface area is 116 Å². The summed E-state index contributed by atoms with van der Waals surface area (Å²) >= 11 is 0. The van der Waals surface area contributed by atoms with Gasteiger partial charge in [0.2, 0.25) is 0 Å². The van der Waals surface area contributed by atoms with Gasteiger partial charge in [0.15, 0.2) is 0 Å². The molecule has 0 aromatic carbocycles. The first kappa shape index (κ1) is 15.2. The maximum Gasteiger partial charge on any atom is 0.150 e. The fourth-order valence-corrected chi connectivity index (χ4v) is 4.50. The van der Waals surface area contributed by atoms with Gasteiger partial charge in [0, 0.05) is 45.0 Å². The highest BCUT2D eigenvalue weighted by Gasteiger charge is 2.32. The topological polar surface area (TPSA) is 60.9 Å². The molecule has 2 rings (SSSR count). The van der Waals surface area contributed by atoms with Crippen LogP contribution in [0.1, 0.15) is 25.7 Å². The van der Waals surface area contributed by atoms with Gasteiger partial charge in [-0.05, 0) is 19.3 Å².